The van der Waals surface area contributed by atoms with Crippen molar-refractivity contribution in [3.05, 3.63) is 109 Å². The van der Waals surface area contributed by atoms with Gasteiger partial charge in [0.1, 0.15) is 0 Å². The summed E-state index contributed by atoms with van der Waals surface area (Å²) < 4.78 is 2.70. The Morgan fingerprint density at radius 1 is 0.375 bits per heavy atom. The minimum absolute atomic E-state index is 1.29. The van der Waals surface area contributed by atoms with E-state index in [-0.39, 0.29) is 0 Å². The van der Waals surface area contributed by atoms with Crippen LogP contribution in [0.5, 0.6) is 0 Å². The second-order valence-electron chi connectivity index (χ2n) is 8.23. The fourth-order valence-corrected chi connectivity index (χ4v) is 6.75. The van der Waals surface area contributed by atoms with Crippen molar-refractivity contribution in [2.24, 2.45) is 0 Å². The van der Waals surface area contributed by atoms with Crippen molar-refractivity contribution >= 4 is 64.4 Å². The molecule has 0 spiro atoms. The monoisotopic (exact) mass is 442 g/mol. The predicted molar refractivity (Wildman–Crippen MR) is 143 cm³/mol. The molecule has 0 aliphatic rings. The molecule has 0 N–H and O–H groups in total. The van der Waals surface area contributed by atoms with E-state index in [1.54, 1.807) is 0 Å². The Balaban J connectivity index is 1.38. The molecule has 0 bridgehead atoms. The van der Waals surface area contributed by atoms with E-state index in [1.807, 2.05) is 22.7 Å². The van der Waals surface area contributed by atoms with E-state index in [0.717, 1.165) is 0 Å². The molecule has 2 heterocycles. The Bertz CT molecular complexity index is 1650. The number of rotatable bonds is 2. The SMILES string of the molecule is c1ccc2cc(-c3cc4c(ccc5sc(-c6ccc7ccccc7c6)cc54)s3)ccc2c1. The molecule has 0 amide bonds. The lowest BCUT2D eigenvalue weighted by atomic mass is 10.0. The largest absolute Gasteiger partial charge is 0.135 e. The number of hydrogen-bond donors (Lipinski definition) is 0. The molecule has 0 aliphatic carbocycles. The van der Waals surface area contributed by atoms with Crippen LogP contribution >= 0.6 is 22.7 Å². The molecule has 0 unspecified atom stereocenters. The third-order valence-corrected chi connectivity index (χ3v) is 8.56. The molecule has 2 aromatic heterocycles. The first-order chi connectivity index (χ1) is 15.8. The quantitative estimate of drug-likeness (QED) is 0.250. The molecule has 32 heavy (non-hydrogen) atoms. The first-order valence-corrected chi connectivity index (χ1v) is 12.4. The Kier molecular flexibility index (Phi) is 3.98. The molecule has 2 heteroatoms. The van der Waals surface area contributed by atoms with E-state index < -0.39 is 0 Å². The third kappa shape index (κ3) is 2.88. The van der Waals surface area contributed by atoms with Gasteiger partial charge in [0.05, 0.1) is 0 Å². The van der Waals surface area contributed by atoms with Crippen LogP contribution in [-0.4, -0.2) is 0 Å². The normalized spacial score (nSPS) is 11.8. The summed E-state index contributed by atoms with van der Waals surface area (Å²) in [5.74, 6) is 0. The van der Waals surface area contributed by atoms with Gasteiger partial charge in [0, 0.05) is 29.9 Å². The lowest BCUT2D eigenvalue weighted by Gasteiger charge is -2.01. The van der Waals surface area contributed by atoms with Gasteiger partial charge in [-0.25, -0.2) is 0 Å². The first-order valence-electron chi connectivity index (χ1n) is 10.8. The zero-order chi connectivity index (χ0) is 21.1. The van der Waals surface area contributed by atoms with Crippen LogP contribution in [0, 0.1) is 0 Å². The molecule has 0 saturated heterocycles. The number of benzene rings is 5. The minimum atomic E-state index is 1.29. The van der Waals surface area contributed by atoms with Crippen molar-refractivity contribution in [3.63, 3.8) is 0 Å². The molecule has 5 aromatic carbocycles. The highest BCUT2D eigenvalue weighted by atomic mass is 32.1. The molecule has 0 fully saturated rings. The molecule has 150 valence electrons. The summed E-state index contributed by atoms with van der Waals surface area (Å²) in [7, 11) is 0. The Labute approximate surface area is 194 Å². The van der Waals surface area contributed by atoms with Crippen LogP contribution in [0.1, 0.15) is 0 Å². The van der Waals surface area contributed by atoms with E-state index >= 15 is 0 Å². The highest BCUT2D eigenvalue weighted by molar-refractivity contribution is 7.24. The van der Waals surface area contributed by atoms with E-state index in [1.165, 1.54) is 62.6 Å². The summed E-state index contributed by atoms with van der Waals surface area (Å²) in [6.07, 6.45) is 0. The Hall–Kier alpha value is -3.46. The average Bonchev–Trinajstić information content (AvgIpc) is 3.48. The summed E-state index contributed by atoms with van der Waals surface area (Å²) in [6.45, 7) is 0. The molecule has 0 nitrogen and oxygen atoms in total. The van der Waals surface area contributed by atoms with Gasteiger partial charge in [0.2, 0.25) is 0 Å². The summed E-state index contributed by atoms with van der Waals surface area (Å²) in [5.41, 5.74) is 2.59. The Morgan fingerprint density at radius 3 is 1.28 bits per heavy atom. The van der Waals surface area contributed by atoms with Crippen LogP contribution in [0.25, 0.3) is 62.6 Å². The maximum absolute atomic E-state index is 2.38. The van der Waals surface area contributed by atoms with Crippen LogP contribution < -0.4 is 0 Å². The topological polar surface area (TPSA) is 0 Å². The fourth-order valence-electron chi connectivity index (χ4n) is 4.60. The third-order valence-electron chi connectivity index (χ3n) is 6.27. The highest BCUT2D eigenvalue weighted by Gasteiger charge is 2.12. The van der Waals surface area contributed by atoms with Gasteiger partial charge in [-0.15, -0.1) is 22.7 Å². The Morgan fingerprint density at radius 2 is 0.812 bits per heavy atom. The van der Waals surface area contributed by atoms with Crippen molar-refractivity contribution in [2.75, 3.05) is 0 Å². The highest BCUT2D eigenvalue weighted by Crippen LogP contribution is 2.42. The molecule has 7 aromatic rings. The molecular formula is C30H18S2. The minimum Gasteiger partial charge on any atom is -0.135 e. The second-order valence-corrected chi connectivity index (χ2v) is 10.4. The van der Waals surface area contributed by atoms with Gasteiger partial charge in [-0.05, 0) is 69.1 Å². The van der Waals surface area contributed by atoms with E-state index in [4.69, 9.17) is 0 Å². The van der Waals surface area contributed by atoms with Crippen LogP contribution in [0.4, 0.5) is 0 Å². The van der Waals surface area contributed by atoms with Gasteiger partial charge in [-0.2, -0.15) is 0 Å². The number of hydrogen-bond acceptors (Lipinski definition) is 2. The zero-order valence-electron chi connectivity index (χ0n) is 17.2. The van der Waals surface area contributed by atoms with E-state index in [9.17, 15) is 0 Å². The smallest absolute Gasteiger partial charge is 0.0356 e. The van der Waals surface area contributed by atoms with Crippen molar-refractivity contribution in [3.8, 4) is 20.9 Å². The number of thiophene rings is 2. The van der Waals surface area contributed by atoms with Gasteiger partial charge in [-0.3, -0.25) is 0 Å². The zero-order valence-corrected chi connectivity index (χ0v) is 18.8. The average molecular weight is 443 g/mol. The summed E-state index contributed by atoms with van der Waals surface area (Å²) in [4.78, 5) is 2.66. The van der Waals surface area contributed by atoms with E-state index in [0.29, 0.717) is 0 Å². The standard InChI is InChI=1S/C30H18S2/c1-3-7-21-15-23(11-9-19(21)5-1)29-17-25-26-18-30(32-28(26)14-13-27(25)31-29)24-12-10-20-6-2-4-8-22(20)16-24/h1-18H. The van der Waals surface area contributed by atoms with E-state index in [2.05, 4.69) is 109 Å². The van der Waals surface area contributed by atoms with Gasteiger partial charge in [0.15, 0.2) is 0 Å². The molecule has 7 rings (SSSR count). The maximum atomic E-state index is 2.38. The fraction of sp³-hybridized carbons (Fsp3) is 0. The van der Waals surface area contributed by atoms with Crippen LogP contribution in [-0.2, 0) is 0 Å². The van der Waals surface area contributed by atoms with Crippen LogP contribution in [0.3, 0.4) is 0 Å². The second kappa shape index (κ2) is 7.03. The lowest BCUT2D eigenvalue weighted by Crippen LogP contribution is -1.75. The van der Waals surface area contributed by atoms with Crippen molar-refractivity contribution in [1.82, 2.24) is 0 Å². The van der Waals surface area contributed by atoms with Crippen molar-refractivity contribution in [1.29, 1.82) is 0 Å². The molecule has 0 atom stereocenters. The maximum Gasteiger partial charge on any atom is 0.0356 e. The molecule has 0 aliphatic heterocycles. The molecule has 0 radical (unpaired) electrons. The van der Waals surface area contributed by atoms with Gasteiger partial charge < -0.3 is 0 Å². The molecule has 0 saturated carbocycles. The summed E-state index contributed by atoms with van der Waals surface area (Å²) in [5, 5.41) is 7.89. The summed E-state index contributed by atoms with van der Waals surface area (Å²) in [6, 6.07) is 40.1. The predicted octanol–water partition coefficient (Wildman–Crippen LogP) is 9.76. The van der Waals surface area contributed by atoms with Crippen LogP contribution in [0.15, 0.2) is 109 Å². The van der Waals surface area contributed by atoms with Crippen LogP contribution in [0.2, 0.25) is 0 Å². The van der Waals surface area contributed by atoms with Crippen molar-refractivity contribution < 1.29 is 0 Å². The lowest BCUT2D eigenvalue weighted by molar-refractivity contribution is 1.74. The first kappa shape index (κ1) is 18.1. The van der Waals surface area contributed by atoms with Gasteiger partial charge in [0.25, 0.3) is 0 Å². The number of fused-ring (bicyclic) bond motifs is 5. The van der Waals surface area contributed by atoms with Gasteiger partial charge >= 0.3 is 0 Å². The van der Waals surface area contributed by atoms with Crippen molar-refractivity contribution in [2.45, 2.75) is 0 Å². The molecular weight excluding hydrogens is 424 g/mol. The van der Waals surface area contributed by atoms with Gasteiger partial charge in [-0.1, -0.05) is 72.8 Å². The summed E-state index contributed by atoms with van der Waals surface area (Å²) >= 11 is 3.77.